The third-order valence-corrected chi connectivity index (χ3v) is 3.00. The molecule has 0 atom stereocenters. The Morgan fingerprint density at radius 1 is 0.923 bits per heavy atom. The molecule has 0 aromatic rings. The Morgan fingerprint density at radius 3 is 1.08 bits per heavy atom. The number of rotatable bonds is 4. The van der Waals surface area contributed by atoms with Crippen LogP contribution in [0.4, 0.5) is 0 Å². The van der Waals surface area contributed by atoms with Crippen LogP contribution in [-0.4, -0.2) is 8.42 Å². The maximum absolute atomic E-state index is 8.81. The van der Waals surface area contributed by atoms with Gasteiger partial charge in [0.05, 0.1) is 11.2 Å². The molecule has 2 nitrogen and oxygen atoms in total. The van der Waals surface area contributed by atoms with Gasteiger partial charge in [0.2, 0.25) is 0 Å². The van der Waals surface area contributed by atoms with Gasteiger partial charge in [0.1, 0.15) is 0 Å². The summed E-state index contributed by atoms with van der Waals surface area (Å²) in [5, 5.41) is 0. The van der Waals surface area contributed by atoms with Crippen LogP contribution in [0.1, 0.15) is 53.4 Å². The first kappa shape index (κ1) is 15.5. The van der Waals surface area contributed by atoms with Crippen LogP contribution >= 0.6 is 0 Å². The Hall–Kier alpha value is 0.0400. The summed E-state index contributed by atoms with van der Waals surface area (Å²) in [7, 11) is -2.28. The fourth-order valence-electron chi connectivity index (χ4n) is 1.50. The van der Waals surface area contributed by atoms with Gasteiger partial charge in [-0.1, -0.05) is 53.4 Å². The van der Waals surface area contributed by atoms with E-state index >= 15 is 0 Å². The highest BCUT2D eigenvalue weighted by atomic mass is 32.8. The summed E-state index contributed by atoms with van der Waals surface area (Å²) in [6.07, 6.45) is 5.38. The molecule has 4 heteroatoms. The van der Waals surface area contributed by atoms with Crippen molar-refractivity contribution in [2.75, 3.05) is 0 Å². The second-order valence-electron chi connectivity index (χ2n) is 3.12. The lowest BCUT2D eigenvalue weighted by atomic mass is 9.78. The van der Waals surface area contributed by atoms with E-state index in [-0.39, 0.29) is 0 Å². The van der Waals surface area contributed by atoms with Crippen LogP contribution < -0.4 is 0 Å². The normalized spacial score (nSPS) is 10.2. The molecule has 0 aromatic heterocycles. The molecule has 0 aliphatic carbocycles. The molecule has 0 aliphatic heterocycles. The lowest BCUT2D eigenvalue weighted by Gasteiger charge is -2.28. The topological polar surface area (TPSA) is 34.1 Å². The molecule has 0 heterocycles. The molecule has 0 unspecified atom stereocenters. The minimum absolute atomic E-state index is 0.667. The predicted octanol–water partition coefficient (Wildman–Crippen LogP) is 2.94. The molecule has 80 valence electrons. The highest BCUT2D eigenvalue weighted by Crippen LogP contribution is 2.33. The Labute approximate surface area is 87.9 Å². The lowest BCUT2D eigenvalue weighted by Crippen LogP contribution is -2.15. The van der Waals surface area contributed by atoms with Crippen molar-refractivity contribution in [3.63, 3.8) is 0 Å². The van der Waals surface area contributed by atoms with E-state index < -0.39 is 9.26 Å². The van der Waals surface area contributed by atoms with Gasteiger partial charge in [0.25, 0.3) is 9.26 Å². The first-order valence-corrected chi connectivity index (χ1v) is 6.74. The van der Waals surface area contributed by atoms with Crippen molar-refractivity contribution in [2.45, 2.75) is 53.4 Å². The largest absolute Gasteiger partial charge is 0.284 e. The van der Waals surface area contributed by atoms with Crippen LogP contribution in [0.5, 0.6) is 0 Å². The number of hydrogen-bond donors (Lipinski definition) is 0. The summed E-state index contributed by atoms with van der Waals surface area (Å²) < 4.78 is 17.6. The maximum Gasteiger partial charge on any atom is 0.284 e. The van der Waals surface area contributed by atoms with Gasteiger partial charge in [-0.05, 0) is 5.41 Å². The minimum atomic E-state index is -2.28. The third-order valence-electron chi connectivity index (χ3n) is 3.00. The van der Waals surface area contributed by atoms with Crippen LogP contribution in [0, 0.1) is 5.41 Å². The fraction of sp³-hybridized carbons (Fsp3) is 1.00. The molecule has 0 N–H and O–H groups in total. The molecule has 0 saturated carbocycles. The van der Waals surface area contributed by atoms with Gasteiger partial charge < -0.3 is 0 Å². The standard InChI is InChI=1S/C9H20.O2S2/c1-5-9(6-2,7-3)8-4;1-4(2)3/h5-8H2,1-4H3;. The van der Waals surface area contributed by atoms with Crippen molar-refractivity contribution >= 4 is 20.5 Å². The van der Waals surface area contributed by atoms with E-state index in [1.165, 1.54) is 25.7 Å². The zero-order valence-electron chi connectivity index (χ0n) is 8.96. The Morgan fingerprint density at radius 2 is 1.08 bits per heavy atom. The summed E-state index contributed by atoms with van der Waals surface area (Å²) in [6, 6.07) is 0. The molecule has 0 bridgehead atoms. The van der Waals surface area contributed by atoms with Gasteiger partial charge in [-0.2, -0.15) is 8.42 Å². The summed E-state index contributed by atoms with van der Waals surface area (Å²) >= 11 is 3.54. The molecule has 0 aromatic carbocycles. The average molecular weight is 224 g/mol. The van der Waals surface area contributed by atoms with E-state index in [2.05, 4.69) is 38.9 Å². The van der Waals surface area contributed by atoms with Gasteiger partial charge >= 0.3 is 0 Å². The second kappa shape index (κ2) is 8.63. The summed E-state index contributed by atoms with van der Waals surface area (Å²) in [5.74, 6) is 0. The van der Waals surface area contributed by atoms with Gasteiger partial charge in [-0.25, -0.2) is 0 Å². The second-order valence-corrected chi connectivity index (χ2v) is 4.34. The van der Waals surface area contributed by atoms with Crippen molar-refractivity contribution in [3.8, 4) is 0 Å². The van der Waals surface area contributed by atoms with E-state index in [9.17, 15) is 0 Å². The van der Waals surface area contributed by atoms with E-state index in [1.54, 1.807) is 0 Å². The summed E-state index contributed by atoms with van der Waals surface area (Å²) in [6.45, 7) is 9.21. The summed E-state index contributed by atoms with van der Waals surface area (Å²) in [4.78, 5) is 0. The molecule has 0 fully saturated rings. The first-order valence-electron chi connectivity index (χ1n) is 4.74. The molecule has 0 rings (SSSR count). The predicted molar refractivity (Wildman–Crippen MR) is 59.9 cm³/mol. The SMILES string of the molecule is CCC(CC)(CC)CC.O=S(=O)=S. The molecule has 0 spiro atoms. The quantitative estimate of drug-likeness (QED) is 0.736. The van der Waals surface area contributed by atoms with Crippen LogP contribution in [0.15, 0.2) is 0 Å². The number of hydrogen-bond acceptors (Lipinski definition) is 3. The van der Waals surface area contributed by atoms with Crippen molar-refractivity contribution in [1.82, 2.24) is 0 Å². The molecule has 0 amide bonds. The molecular weight excluding hydrogens is 204 g/mol. The molecule has 0 saturated heterocycles. The van der Waals surface area contributed by atoms with E-state index in [0.29, 0.717) is 5.41 Å². The van der Waals surface area contributed by atoms with Crippen molar-refractivity contribution in [3.05, 3.63) is 0 Å². The van der Waals surface area contributed by atoms with Gasteiger partial charge in [-0.3, -0.25) is 0 Å². The highest BCUT2D eigenvalue weighted by molar-refractivity contribution is 8.14. The first-order chi connectivity index (χ1) is 5.97. The Bertz CT molecular complexity index is 176. The van der Waals surface area contributed by atoms with Gasteiger partial charge in [-0.15, -0.1) is 0 Å². The molecule has 0 aliphatic rings. The molecule has 13 heavy (non-hydrogen) atoms. The third kappa shape index (κ3) is 8.37. The van der Waals surface area contributed by atoms with Crippen LogP contribution in [0.2, 0.25) is 0 Å². The summed E-state index contributed by atoms with van der Waals surface area (Å²) in [5.41, 5.74) is 0.667. The zero-order valence-corrected chi connectivity index (χ0v) is 10.6. The minimum Gasteiger partial charge on any atom is -0.172 e. The van der Waals surface area contributed by atoms with Crippen LogP contribution in [0.3, 0.4) is 0 Å². The monoisotopic (exact) mass is 224 g/mol. The maximum atomic E-state index is 8.81. The Balaban J connectivity index is 0. The molecular formula is C9H20O2S2. The lowest BCUT2D eigenvalue weighted by molar-refractivity contribution is 0.240. The van der Waals surface area contributed by atoms with Gasteiger partial charge in [0, 0.05) is 0 Å². The van der Waals surface area contributed by atoms with Crippen LogP contribution in [-0.2, 0) is 20.5 Å². The smallest absolute Gasteiger partial charge is 0.172 e. The van der Waals surface area contributed by atoms with Crippen LogP contribution in [0.25, 0.3) is 0 Å². The van der Waals surface area contributed by atoms with E-state index in [4.69, 9.17) is 8.42 Å². The highest BCUT2D eigenvalue weighted by Gasteiger charge is 2.20. The van der Waals surface area contributed by atoms with Crippen molar-refractivity contribution in [1.29, 1.82) is 0 Å². The zero-order chi connectivity index (χ0) is 10.9. The average Bonchev–Trinajstić information content (AvgIpc) is 2.09. The van der Waals surface area contributed by atoms with E-state index in [1.807, 2.05) is 0 Å². The van der Waals surface area contributed by atoms with E-state index in [0.717, 1.165) is 0 Å². The fourth-order valence-corrected chi connectivity index (χ4v) is 1.50. The van der Waals surface area contributed by atoms with Crippen molar-refractivity contribution < 1.29 is 8.42 Å². The van der Waals surface area contributed by atoms with Crippen molar-refractivity contribution in [2.24, 2.45) is 5.41 Å². The molecule has 0 radical (unpaired) electrons. The van der Waals surface area contributed by atoms with Gasteiger partial charge in [0.15, 0.2) is 0 Å². The Kier molecular flexibility index (Phi) is 10.3.